The van der Waals surface area contributed by atoms with Gasteiger partial charge >= 0.3 is 0 Å². The Morgan fingerprint density at radius 2 is 1.03 bits per heavy atom. The Morgan fingerprint density at radius 3 is 1.26 bits per heavy atom. The Morgan fingerprint density at radius 1 is 0.441 bits per heavy atom. The second-order valence-electron chi connectivity index (χ2n) is 34.3. The first-order valence-corrected chi connectivity index (χ1v) is 44.6. The Labute approximate surface area is 767 Å². The third-order valence-electron chi connectivity index (χ3n) is 17.9. The van der Waals surface area contributed by atoms with E-state index in [0.717, 1.165) is 56.7 Å². The molecule has 0 aliphatic rings. The van der Waals surface area contributed by atoms with Crippen LogP contribution >= 0.6 is 11.3 Å². The summed E-state index contributed by atoms with van der Waals surface area (Å²) in [6.07, 6.45) is 41.9. The molecule has 30 nitrogen and oxygen atoms in total. The number of aryl methyl sites for hydroxylation is 9. The summed E-state index contributed by atoms with van der Waals surface area (Å²) < 4.78 is 25.9. The van der Waals surface area contributed by atoms with E-state index in [1.54, 1.807) is 60.2 Å². The molecule has 31 heteroatoms. The number of nitrogens with one attached hydrogen (secondary N) is 2. The van der Waals surface area contributed by atoms with Crippen LogP contribution in [0.2, 0.25) is 0 Å². The highest BCUT2D eigenvalue weighted by Crippen LogP contribution is 2.21. The first-order chi connectivity index (χ1) is 58.6. The molecule has 14 rings (SSSR count). The van der Waals surface area contributed by atoms with Gasteiger partial charge in [-0.1, -0.05) is 112 Å². The average Bonchev–Trinajstić information content (AvgIpc) is 1.76. The normalized spacial score (nSPS) is 10.5. The molecule has 0 aliphatic heterocycles. The summed E-state index contributed by atoms with van der Waals surface area (Å²) in [4.78, 5) is 19.8. The van der Waals surface area contributed by atoms with Gasteiger partial charge in [-0.3, -0.25) is 28.1 Å². The van der Waals surface area contributed by atoms with Gasteiger partial charge in [0.05, 0.1) is 90.5 Å². The largest absolute Gasteiger partial charge is 0.446 e. The summed E-state index contributed by atoms with van der Waals surface area (Å²) in [5.41, 5.74) is 23.8. The number of hydrogen-bond donors (Lipinski definition) is 4. The average molecular weight is 1780 g/mol. The number of aromatic nitrogens is 26. The number of aromatic amines is 2. The lowest BCUT2D eigenvalue weighted by Crippen LogP contribution is -2.04. The fourth-order valence-corrected chi connectivity index (χ4v) is 10.6. The Kier molecular flexibility index (Phi) is 58.4. The highest BCUT2D eigenvalue weighted by Gasteiger charge is 2.10. The highest BCUT2D eigenvalue weighted by molar-refractivity contribution is 7.11. The van der Waals surface area contributed by atoms with Crippen LogP contribution < -0.4 is 11.5 Å². The van der Waals surface area contributed by atoms with E-state index in [1.165, 1.54) is 33.4 Å². The molecule has 0 saturated heterocycles. The van der Waals surface area contributed by atoms with Crippen LogP contribution in [0.15, 0.2) is 158 Å². The predicted molar refractivity (Wildman–Crippen MR) is 528 cm³/mol. The molecule has 127 heavy (non-hydrogen) atoms. The van der Waals surface area contributed by atoms with Crippen LogP contribution in [0, 0.1) is 55.4 Å². The second-order valence-corrected chi connectivity index (χ2v) is 35.5. The summed E-state index contributed by atoms with van der Waals surface area (Å²) in [5, 5.41) is 50.1. The third kappa shape index (κ3) is 49.0. The molecular weight excluding hydrogens is 1610 g/mol. The molecule has 0 unspecified atom stereocenters. The van der Waals surface area contributed by atoms with Gasteiger partial charge in [0.1, 0.15) is 15.8 Å². The molecule has 0 bridgehead atoms. The van der Waals surface area contributed by atoms with Crippen LogP contribution in [0.4, 0.5) is 11.4 Å². The molecule has 0 spiro atoms. The van der Waals surface area contributed by atoms with Gasteiger partial charge in [-0.15, -0.1) is 31.7 Å². The van der Waals surface area contributed by atoms with E-state index in [4.69, 9.17) is 20.3 Å². The summed E-state index contributed by atoms with van der Waals surface area (Å²) in [6.45, 7) is 78.0. The van der Waals surface area contributed by atoms with Crippen molar-refractivity contribution >= 4 is 22.7 Å². The minimum atomic E-state index is 0. The van der Waals surface area contributed by atoms with Gasteiger partial charge in [-0.2, -0.15) is 45.6 Å². The fourth-order valence-electron chi connectivity index (χ4n) is 9.90. The van der Waals surface area contributed by atoms with E-state index in [0.29, 0.717) is 95.5 Å². The van der Waals surface area contributed by atoms with Crippen LogP contribution in [-0.4, -0.2) is 128 Å². The number of oxazole rings is 1. The second kappa shape index (κ2) is 62.9. The number of nitrogens with two attached hydrogens (primary N) is 2. The zero-order chi connectivity index (χ0) is 94.9. The summed E-state index contributed by atoms with van der Waals surface area (Å²) in [5.74, 6) is 6.83. The van der Waals surface area contributed by atoms with Crippen LogP contribution in [0.3, 0.4) is 0 Å². The van der Waals surface area contributed by atoms with Gasteiger partial charge in [-0.05, 0) is 222 Å². The molecule has 0 aliphatic carbocycles. The Balaban J connectivity index is 0. The number of rotatable bonds is 15. The topological polar surface area (TPSA) is 348 Å². The van der Waals surface area contributed by atoms with E-state index in [-0.39, 0.29) is 14.9 Å². The van der Waals surface area contributed by atoms with E-state index in [9.17, 15) is 0 Å². The van der Waals surface area contributed by atoms with Crippen molar-refractivity contribution in [3.63, 3.8) is 0 Å². The lowest BCUT2D eigenvalue weighted by atomic mass is 10.0. The Bertz CT molecular complexity index is 4360. The van der Waals surface area contributed by atoms with Crippen LogP contribution in [0.1, 0.15) is 383 Å². The van der Waals surface area contributed by atoms with Gasteiger partial charge in [-0.25, -0.2) is 15.0 Å². The fraction of sp³-hybridized carbons (Fsp3) is 0.573. The number of anilines is 2. The van der Waals surface area contributed by atoms with Crippen LogP contribution in [0.25, 0.3) is 0 Å². The van der Waals surface area contributed by atoms with Crippen LogP contribution in [-0.2, 0) is 13.6 Å². The summed E-state index contributed by atoms with van der Waals surface area (Å²) in [6, 6.07) is 7.26. The number of nitrogens with zero attached hydrogens (tertiary/aromatic N) is 24. The van der Waals surface area contributed by atoms with Crippen LogP contribution in [0.5, 0.6) is 0 Å². The van der Waals surface area contributed by atoms with Crippen molar-refractivity contribution in [1.29, 1.82) is 0 Å². The monoisotopic (exact) mass is 1780 g/mol. The van der Waals surface area contributed by atoms with Gasteiger partial charge in [0.2, 0.25) is 11.8 Å². The number of hydrogen-bond acceptors (Lipinski definition) is 20. The zero-order valence-electron chi connectivity index (χ0n) is 83.3. The van der Waals surface area contributed by atoms with Crippen molar-refractivity contribution in [3.05, 3.63) is 233 Å². The van der Waals surface area contributed by atoms with E-state index in [1.807, 2.05) is 197 Å². The number of nitrogen functional groups attached to an aromatic ring is 2. The quantitative estimate of drug-likeness (QED) is 0.0740. The standard InChI is InChI=1S/C8H14N2.C8H13N.2C7H13N3.3C7H12N2.C7H11NO.C7H11N.C6H10N2O.C6H10N2S.2C6H10N2.C5H9N3.2CH4/c1-4-10-6-8(5-9-10)7(2)3;1-6(2)8-5-9-4-7(8)3;1-5(2)10-4-7(8)6(3)9-10;1-5(2)10-6(3)7(8)4-9-10;1-6(2)7-4-8-9(3)5-7;1-6(2)9-4-7(3)8-5-9;1-6(2)9-5-7(3)4-8-9;1-5(2)7-8-4-6(3)9-7;1-6(2)7-3-4-8-5-7;2*1-4(2)6-8-7-5(3)9-6;1-6(2)8-4-3-7-5-8;1-6(2)8-5-3-4-7-8;1-5(2)8-6-3-4-7-8;;/h5-7H,4H2,1-3H3;4-6,9H,1-3H3;2*4-5H,8H2,1-3H3;3*4-6H,1-3H3;4-5H,1-3H3;3-6,8H,1-2H3;2*4H,1-3H3;2*3-6H,1-2H3;3-5H,1-2H3;2*1H4. The first kappa shape index (κ1) is 118. The van der Waals surface area contributed by atoms with Crippen molar-refractivity contribution < 1.29 is 8.83 Å². The predicted octanol–water partition coefficient (Wildman–Crippen LogP) is 25.0. The lowest BCUT2D eigenvalue weighted by Gasteiger charge is -2.06. The van der Waals surface area contributed by atoms with E-state index in [2.05, 4.69) is 294 Å². The highest BCUT2D eigenvalue weighted by atomic mass is 32.1. The van der Waals surface area contributed by atoms with Crippen molar-refractivity contribution in [2.45, 2.75) is 361 Å². The molecule has 0 radical (unpaired) electrons. The van der Waals surface area contributed by atoms with Gasteiger partial charge in [0.25, 0.3) is 0 Å². The molecule has 14 aromatic heterocycles. The number of H-pyrrole nitrogens is 2. The maximum Gasteiger partial charge on any atom is 0.219 e. The minimum absolute atomic E-state index is 0. The molecule has 0 fully saturated rings. The maximum atomic E-state index is 5.60. The van der Waals surface area contributed by atoms with Gasteiger partial charge < -0.3 is 39.4 Å². The molecule has 0 atom stereocenters. The van der Waals surface area contributed by atoms with Gasteiger partial charge in [0, 0.05) is 155 Å². The van der Waals surface area contributed by atoms with E-state index >= 15 is 0 Å². The van der Waals surface area contributed by atoms with Crippen molar-refractivity contribution in [2.24, 2.45) is 7.05 Å². The smallest absolute Gasteiger partial charge is 0.219 e. The summed E-state index contributed by atoms with van der Waals surface area (Å²) in [7, 11) is 1.94. The maximum absolute atomic E-state index is 5.60. The molecule has 0 amide bonds. The third-order valence-corrected chi connectivity index (χ3v) is 19.0. The SMILES string of the molecule is C.C.CC(C)c1cc[nH]c1.CC(C)c1cnn(C)c1.CC(C)n1cccn1.CC(C)n1ccnc1.CC(C)n1nccn1.CCn1cc(C(C)C)cn1.Cc1c(N)cnn1C(C)C.Cc1c[nH]cc1C(C)C.Cc1cn(C(C)C)cn1.Cc1cnc(C(C)C)o1.Cc1cnn(C(C)C)c1.Cc1nn(C(C)C)cc1N.Cc1nnc(C(C)C)o1.Cc1nnc(C(C)C)s1. The van der Waals surface area contributed by atoms with Crippen molar-refractivity contribution in [1.82, 2.24) is 128 Å². The molecule has 0 aromatic carbocycles. The minimum Gasteiger partial charge on any atom is -0.446 e. The molecule has 6 N–H and O–H groups in total. The molecule has 710 valence electrons. The molecule has 14 heterocycles. The van der Waals surface area contributed by atoms with Crippen molar-refractivity contribution in [3.8, 4) is 0 Å². The van der Waals surface area contributed by atoms with Crippen molar-refractivity contribution in [2.75, 3.05) is 11.5 Å². The lowest BCUT2D eigenvalue weighted by molar-refractivity contribution is 0.447. The van der Waals surface area contributed by atoms with E-state index < -0.39 is 0 Å². The molecule has 0 saturated carbocycles. The first-order valence-electron chi connectivity index (χ1n) is 43.8. The zero-order valence-corrected chi connectivity index (χ0v) is 84.1. The Hall–Kier alpha value is -11.1. The number of imidazole rings is 2. The molecule has 14 aromatic rings. The molecular formula is C96H168N28O2S. The van der Waals surface area contributed by atoms with Gasteiger partial charge in [0.15, 0.2) is 5.89 Å². The summed E-state index contributed by atoms with van der Waals surface area (Å²) >= 11 is 1.67.